The van der Waals surface area contributed by atoms with E-state index >= 15 is 0 Å². The van der Waals surface area contributed by atoms with Gasteiger partial charge in [0.2, 0.25) is 0 Å². The molecule has 0 aliphatic heterocycles. The summed E-state index contributed by atoms with van der Waals surface area (Å²) in [5, 5.41) is 4.14. The highest BCUT2D eigenvalue weighted by atomic mass is 16.7. The third-order valence-electron chi connectivity index (χ3n) is 5.45. The predicted octanol–water partition coefficient (Wildman–Crippen LogP) is 4.30. The fourth-order valence-corrected chi connectivity index (χ4v) is 4.22. The number of hydrogen-bond acceptors (Lipinski definition) is 3. The van der Waals surface area contributed by atoms with Gasteiger partial charge in [0.15, 0.2) is 0 Å². The van der Waals surface area contributed by atoms with E-state index in [0.29, 0.717) is 24.2 Å². The molecule has 0 radical (unpaired) electrons. The lowest BCUT2D eigenvalue weighted by molar-refractivity contribution is -0.130. The minimum absolute atomic E-state index is 0.392. The summed E-state index contributed by atoms with van der Waals surface area (Å²) in [4.78, 5) is 16.6. The molecule has 0 spiro atoms. The van der Waals surface area contributed by atoms with Crippen LogP contribution in [0.15, 0.2) is 73.1 Å². The van der Waals surface area contributed by atoms with Crippen LogP contribution < -0.4 is 4.84 Å². The van der Waals surface area contributed by atoms with E-state index in [-0.39, 0.29) is 0 Å². The molecular weight excluding hydrogens is 324 g/mol. The molecule has 132 valence electrons. The van der Waals surface area contributed by atoms with Crippen molar-refractivity contribution in [3.05, 3.63) is 89.7 Å². The Kier molecular flexibility index (Phi) is 4.82. The summed E-state index contributed by atoms with van der Waals surface area (Å²) in [6.45, 7) is 0.400. The van der Waals surface area contributed by atoms with Crippen LogP contribution in [0.25, 0.3) is 0 Å². The van der Waals surface area contributed by atoms with Crippen LogP contribution in [0.4, 0.5) is 0 Å². The summed E-state index contributed by atoms with van der Waals surface area (Å²) in [6.07, 6.45) is 6.97. The first kappa shape index (κ1) is 16.6. The van der Waals surface area contributed by atoms with Crippen LogP contribution >= 0.6 is 0 Å². The lowest BCUT2D eigenvalue weighted by Gasteiger charge is -2.35. The Bertz CT molecular complexity index is 797. The molecule has 2 atom stereocenters. The van der Waals surface area contributed by atoms with Crippen LogP contribution in [-0.4, -0.2) is 16.4 Å². The number of nitrogens with zero attached hydrogens (tertiary/aromatic N) is 2. The average Bonchev–Trinajstić information content (AvgIpc) is 3.18. The zero-order chi connectivity index (χ0) is 17.8. The van der Waals surface area contributed by atoms with Crippen molar-refractivity contribution in [3.8, 4) is 0 Å². The number of benzene rings is 2. The molecule has 0 N–H and O–H groups in total. The zero-order valence-electron chi connectivity index (χ0n) is 14.6. The van der Waals surface area contributed by atoms with E-state index in [0.717, 1.165) is 24.8 Å². The van der Waals surface area contributed by atoms with Crippen LogP contribution in [0, 0.1) is 0 Å². The maximum Gasteiger partial charge on any atom is 0.323 e. The van der Waals surface area contributed by atoms with Crippen molar-refractivity contribution >= 4 is 6.47 Å². The van der Waals surface area contributed by atoms with Gasteiger partial charge in [-0.2, -0.15) is 0 Å². The number of carbonyl (C=O) groups is 1. The smallest absolute Gasteiger partial charge is 0.323 e. The number of carbonyl (C=O) groups excluding carboxylic acids is 1. The van der Waals surface area contributed by atoms with Gasteiger partial charge < -0.3 is 4.84 Å². The molecule has 1 heterocycles. The second-order valence-corrected chi connectivity index (χ2v) is 7.00. The number of aromatic nitrogens is 2. The second-order valence-electron chi connectivity index (χ2n) is 7.00. The second kappa shape index (κ2) is 7.56. The Morgan fingerprint density at radius 3 is 1.81 bits per heavy atom. The Balaban J connectivity index is 1.63. The van der Waals surface area contributed by atoms with E-state index in [1.807, 2.05) is 12.4 Å². The minimum atomic E-state index is 0.392. The predicted molar refractivity (Wildman–Crippen MR) is 99.8 cm³/mol. The summed E-state index contributed by atoms with van der Waals surface area (Å²) >= 11 is 0. The van der Waals surface area contributed by atoms with E-state index < -0.39 is 0 Å². The maximum absolute atomic E-state index is 10.6. The van der Waals surface area contributed by atoms with Crippen molar-refractivity contribution in [3.63, 3.8) is 0 Å². The monoisotopic (exact) mass is 346 g/mol. The third-order valence-corrected chi connectivity index (χ3v) is 5.45. The molecule has 1 aliphatic rings. The van der Waals surface area contributed by atoms with Gasteiger partial charge in [0.05, 0.1) is 12.4 Å². The Labute approximate surface area is 153 Å². The van der Waals surface area contributed by atoms with Crippen molar-refractivity contribution in [1.82, 2.24) is 9.94 Å². The minimum Gasteiger partial charge on any atom is -0.323 e. The largest absolute Gasteiger partial charge is 0.323 e. The summed E-state index contributed by atoms with van der Waals surface area (Å²) in [5.41, 5.74) is 3.93. The van der Waals surface area contributed by atoms with Crippen LogP contribution in [-0.2, 0) is 4.79 Å². The van der Waals surface area contributed by atoms with Gasteiger partial charge in [0, 0.05) is 0 Å². The molecule has 3 aromatic rings. The third kappa shape index (κ3) is 3.54. The van der Waals surface area contributed by atoms with E-state index in [4.69, 9.17) is 4.84 Å². The molecule has 0 bridgehead atoms. The van der Waals surface area contributed by atoms with E-state index in [2.05, 4.69) is 65.8 Å². The Hall–Kier alpha value is -2.88. The zero-order valence-corrected chi connectivity index (χ0v) is 14.6. The molecule has 2 unspecified atom stereocenters. The first-order valence-electron chi connectivity index (χ1n) is 9.08. The lowest BCUT2D eigenvalue weighted by atomic mass is 9.69. The van der Waals surface area contributed by atoms with Crippen LogP contribution in [0.3, 0.4) is 0 Å². The molecule has 4 heteroatoms. The molecule has 0 amide bonds. The van der Waals surface area contributed by atoms with Crippen LogP contribution in [0.5, 0.6) is 0 Å². The van der Waals surface area contributed by atoms with Gasteiger partial charge >= 0.3 is 6.47 Å². The molecule has 0 saturated heterocycles. The Morgan fingerprint density at radius 2 is 1.31 bits per heavy atom. The van der Waals surface area contributed by atoms with E-state index in [1.54, 1.807) is 0 Å². The SMILES string of the molecule is O=COn1cc(C2CC(c3ccccc3)CC(c3ccccc3)C2)cn1. The standard InChI is InChI=1S/C22H22N2O2/c25-16-26-24-15-22(14-23-24)21-12-19(17-7-3-1-4-8-17)11-20(13-21)18-9-5-2-6-10-18/h1-10,14-16,19-21H,11-13H2. The van der Waals surface area contributed by atoms with Gasteiger partial charge in [-0.05, 0) is 53.7 Å². The molecule has 1 aliphatic carbocycles. The molecule has 4 nitrogen and oxygen atoms in total. The maximum atomic E-state index is 10.6. The lowest BCUT2D eigenvalue weighted by Crippen LogP contribution is -2.19. The highest BCUT2D eigenvalue weighted by Gasteiger charge is 2.32. The van der Waals surface area contributed by atoms with Crippen molar-refractivity contribution in [2.75, 3.05) is 0 Å². The molecule has 1 fully saturated rings. The topological polar surface area (TPSA) is 44.1 Å². The molecular formula is C22H22N2O2. The molecule has 2 aromatic carbocycles. The van der Waals surface area contributed by atoms with E-state index in [1.165, 1.54) is 16.0 Å². The van der Waals surface area contributed by atoms with E-state index in [9.17, 15) is 4.79 Å². The normalized spacial score (nSPS) is 22.7. The highest BCUT2D eigenvalue weighted by Crippen LogP contribution is 2.47. The number of hydrogen-bond donors (Lipinski definition) is 0. The summed E-state index contributed by atoms with van der Waals surface area (Å²) in [7, 11) is 0. The van der Waals surface area contributed by atoms with Crippen molar-refractivity contribution in [2.24, 2.45) is 0 Å². The van der Waals surface area contributed by atoms with Crippen LogP contribution in [0.2, 0.25) is 0 Å². The van der Waals surface area contributed by atoms with Crippen molar-refractivity contribution < 1.29 is 9.63 Å². The molecule has 1 saturated carbocycles. The van der Waals surface area contributed by atoms with Gasteiger partial charge in [-0.25, -0.2) is 0 Å². The van der Waals surface area contributed by atoms with Gasteiger partial charge in [-0.3, -0.25) is 4.79 Å². The highest BCUT2D eigenvalue weighted by molar-refractivity contribution is 5.37. The van der Waals surface area contributed by atoms with Gasteiger partial charge in [0.25, 0.3) is 0 Å². The fraction of sp³-hybridized carbons (Fsp3) is 0.273. The first-order chi connectivity index (χ1) is 12.8. The Morgan fingerprint density at radius 1 is 0.808 bits per heavy atom. The van der Waals surface area contributed by atoms with Gasteiger partial charge in [-0.1, -0.05) is 65.5 Å². The van der Waals surface area contributed by atoms with Gasteiger partial charge in [-0.15, -0.1) is 5.10 Å². The number of rotatable bonds is 5. The average molecular weight is 346 g/mol. The van der Waals surface area contributed by atoms with Crippen molar-refractivity contribution in [2.45, 2.75) is 37.0 Å². The summed E-state index contributed by atoms with van der Waals surface area (Å²) in [6, 6.07) is 21.5. The quantitative estimate of drug-likeness (QED) is 0.647. The van der Waals surface area contributed by atoms with Gasteiger partial charge in [0.1, 0.15) is 0 Å². The fourth-order valence-electron chi connectivity index (χ4n) is 4.22. The summed E-state index contributed by atoms with van der Waals surface area (Å²) < 4.78 is 0. The van der Waals surface area contributed by atoms with Crippen molar-refractivity contribution in [1.29, 1.82) is 0 Å². The molecule has 4 rings (SSSR count). The molecule has 1 aromatic heterocycles. The summed E-state index contributed by atoms with van der Waals surface area (Å²) in [5.74, 6) is 1.41. The van der Waals surface area contributed by atoms with Crippen LogP contribution in [0.1, 0.15) is 53.7 Å². The molecule has 26 heavy (non-hydrogen) atoms. The first-order valence-corrected chi connectivity index (χ1v) is 9.08.